The molecule has 2 saturated heterocycles. The number of carbonyl (C=O) groups excluding carboxylic acids is 2. The van der Waals surface area contributed by atoms with Gasteiger partial charge < -0.3 is 67.3 Å². The van der Waals surface area contributed by atoms with Gasteiger partial charge in [0.15, 0.2) is 0 Å². The first-order valence-electron chi connectivity index (χ1n) is 34.0. The van der Waals surface area contributed by atoms with E-state index in [2.05, 4.69) is 130 Å². The number of rotatable bonds is 37. The zero-order chi connectivity index (χ0) is 63.8. The van der Waals surface area contributed by atoms with Gasteiger partial charge in [0, 0.05) is 57.5 Å². The van der Waals surface area contributed by atoms with Crippen LogP contribution in [0.25, 0.3) is 0 Å². The monoisotopic (exact) mass is 1260 g/mol. The van der Waals surface area contributed by atoms with E-state index in [9.17, 15) is 14.7 Å². The molecule has 0 aromatic heterocycles. The molecule has 4 aromatic carbocycles. The summed E-state index contributed by atoms with van der Waals surface area (Å²) in [6.45, 7) is 12.9. The minimum atomic E-state index is -0.104. The van der Waals surface area contributed by atoms with Crippen LogP contribution in [-0.4, -0.2) is 225 Å². The average molecular weight is 1260 g/mol. The van der Waals surface area contributed by atoms with Crippen LogP contribution in [0.4, 0.5) is 9.59 Å². The molecule has 0 bridgehead atoms. The van der Waals surface area contributed by atoms with Crippen molar-refractivity contribution in [1.29, 1.82) is 0 Å². The lowest BCUT2D eigenvalue weighted by atomic mass is 9.68. The molecule has 0 unspecified atom stereocenters. The second-order valence-corrected chi connectivity index (χ2v) is 26.6. The Balaban J connectivity index is 0.000000249. The van der Waals surface area contributed by atoms with Crippen LogP contribution in [0.3, 0.4) is 0 Å². The Bertz CT molecular complexity index is 2720. The quantitative estimate of drug-likeness (QED) is 0.0426. The molecule has 4 amide bonds. The van der Waals surface area contributed by atoms with Crippen LogP contribution < -0.4 is 4.74 Å². The molecule has 4 aromatic rings. The van der Waals surface area contributed by atoms with E-state index < -0.39 is 0 Å². The summed E-state index contributed by atoms with van der Waals surface area (Å²) in [7, 11) is 10.5. The van der Waals surface area contributed by atoms with Crippen LogP contribution in [0.15, 0.2) is 109 Å². The van der Waals surface area contributed by atoms with Crippen LogP contribution in [0.1, 0.15) is 112 Å². The van der Waals surface area contributed by atoms with E-state index in [1.165, 1.54) is 49.7 Å². The van der Waals surface area contributed by atoms with Gasteiger partial charge in [-0.15, -0.1) is 0 Å². The topological polar surface area (TPSA) is 157 Å². The summed E-state index contributed by atoms with van der Waals surface area (Å²) in [4.78, 5) is 41.3. The Morgan fingerprint density at radius 2 is 0.758 bits per heavy atom. The summed E-state index contributed by atoms with van der Waals surface area (Å²) in [6, 6.07) is 37.7. The van der Waals surface area contributed by atoms with E-state index in [1.54, 1.807) is 19.2 Å². The van der Waals surface area contributed by atoms with Gasteiger partial charge in [-0.2, -0.15) is 0 Å². The number of carbonyl (C=O) groups is 2. The predicted molar refractivity (Wildman–Crippen MR) is 353 cm³/mol. The molecule has 6 fully saturated rings. The molecule has 18 heteroatoms. The molecule has 2 spiro atoms. The van der Waals surface area contributed by atoms with E-state index in [1.807, 2.05) is 24.3 Å². The molecule has 0 radical (unpaired) electrons. The van der Waals surface area contributed by atoms with Crippen LogP contribution in [-0.2, 0) is 62.1 Å². The Kier molecular flexibility index (Phi) is 27.1. The first kappa shape index (κ1) is 69.9. The van der Waals surface area contributed by atoms with Crippen molar-refractivity contribution in [3.8, 4) is 11.5 Å². The number of aromatic hydroxyl groups is 1. The SMILES string of the molecule is CN(C)C1(c2ccccc2)CCC2(CC1)CN(Cc1ccc(O)cc1)C(=O)N2CC1CCC1.COCCOCCOCCOCCOCCOCCOCCOCCOc1ccc(CN2CC3(CCC(c4ccccc4)(N(C)C)CC3)N(CC3CCC3)C2=O)cc1. The van der Waals surface area contributed by atoms with E-state index in [-0.39, 0.29) is 40.0 Å². The highest BCUT2D eigenvalue weighted by atomic mass is 16.6. The maximum atomic E-state index is 14.1. The van der Waals surface area contributed by atoms with E-state index in [4.69, 9.17) is 42.6 Å². The summed E-state index contributed by atoms with van der Waals surface area (Å²) in [5.41, 5.74) is 4.82. The smallest absolute Gasteiger partial charge is 0.320 e. The fourth-order valence-electron chi connectivity index (χ4n) is 14.5. The van der Waals surface area contributed by atoms with Gasteiger partial charge in [-0.25, -0.2) is 9.59 Å². The number of ether oxygens (including phenoxy) is 9. The number of hydrogen-bond donors (Lipinski definition) is 1. The van der Waals surface area contributed by atoms with Crippen LogP contribution in [0, 0.1) is 11.8 Å². The largest absolute Gasteiger partial charge is 0.508 e. The molecule has 18 nitrogen and oxygen atoms in total. The van der Waals surface area contributed by atoms with Crippen molar-refractivity contribution in [2.24, 2.45) is 11.8 Å². The van der Waals surface area contributed by atoms with Gasteiger partial charge in [-0.3, -0.25) is 9.80 Å². The summed E-state index contributed by atoms with van der Waals surface area (Å²) in [5.74, 6) is 2.36. The minimum absolute atomic E-state index is 0.00209. The van der Waals surface area contributed by atoms with Crippen molar-refractivity contribution in [2.45, 2.75) is 125 Å². The summed E-state index contributed by atoms with van der Waals surface area (Å²) in [5, 5.41) is 9.64. The lowest BCUT2D eigenvalue weighted by molar-refractivity contribution is -0.0227. The Morgan fingerprint density at radius 1 is 0.429 bits per heavy atom. The third-order valence-electron chi connectivity index (χ3n) is 20.6. The molecular weight excluding hydrogens is 1150 g/mol. The van der Waals surface area contributed by atoms with Gasteiger partial charge in [-0.05, 0) is 164 Å². The normalized spacial score (nSPS) is 23.6. The summed E-state index contributed by atoms with van der Waals surface area (Å²) < 4.78 is 49.4. The minimum Gasteiger partial charge on any atom is -0.508 e. The Morgan fingerprint density at radius 3 is 1.08 bits per heavy atom. The molecule has 2 aliphatic heterocycles. The van der Waals surface area contributed by atoms with Gasteiger partial charge in [0.25, 0.3) is 0 Å². The van der Waals surface area contributed by atoms with Crippen molar-refractivity contribution >= 4 is 12.1 Å². The first-order valence-corrected chi connectivity index (χ1v) is 34.0. The number of amides is 4. The molecule has 6 aliphatic rings. The fourth-order valence-corrected chi connectivity index (χ4v) is 14.5. The molecule has 502 valence electrons. The molecule has 1 N–H and O–H groups in total. The van der Waals surface area contributed by atoms with E-state index in [0.717, 1.165) is 94.4 Å². The molecule has 0 atom stereocenters. The van der Waals surface area contributed by atoms with Gasteiger partial charge in [0.2, 0.25) is 0 Å². The molecular formula is C73H108N6O12. The van der Waals surface area contributed by atoms with Gasteiger partial charge >= 0.3 is 12.1 Å². The van der Waals surface area contributed by atoms with Crippen molar-refractivity contribution in [3.63, 3.8) is 0 Å². The van der Waals surface area contributed by atoms with Gasteiger partial charge in [0.1, 0.15) is 18.1 Å². The average Bonchev–Trinajstić information content (AvgIpc) is 1.67. The molecule has 91 heavy (non-hydrogen) atoms. The van der Waals surface area contributed by atoms with Crippen LogP contribution in [0.5, 0.6) is 11.5 Å². The predicted octanol–water partition coefficient (Wildman–Crippen LogP) is 10.8. The first-order chi connectivity index (χ1) is 44.4. The molecule has 4 aliphatic carbocycles. The van der Waals surface area contributed by atoms with Gasteiger partial charge in [-0.1, -0.05) is 97.8 Å². The second kappa shape index (κ2) is 35.2. The highest BCUT2D eigenvalue weighted by Gasteiger charge is 2.56. The van der Waals surface area contributed by atoms with E-state index >= 15 is 0 Å². The zero-order valence-corrected chi connectivity index (χ0v) is 55.6. The Labute approximate surface area is 543 Å². The van der Waals surface area contributed by atoms with Crippen LogP contribution >= 0.6 is 0 Å². The highest BCUT2D eigenvalue weighted by molar-refractivity contribution is 5.79. The number of urea groups is 2. The number of hydrogen-bond acceptors (Lipinski definition) is 14. The van der Waals surface area contributed by atoms with Crippen LogP contribution in [0.2, 0.25) is 0 Å². The van der Waals surface area contributed by atoms with Crippen molar-refractivity contribution in [1.82, 2.24) is 29.4 Å². The third kappa shape index (κ3) is 18.9. The van der Waals surface area contributed by atoms with Gasteiger partial charge in [0.05, 0.1) is 110 Å². The fraction of sp³-hybridized carbons (Fsp3) is 0.644. The highest BCUT2D eigenvalue weighted by Crippen LogP contribution is 2.52. The van der Waals surface area contributed by atoms with Crippen molar-refractivity contribution < 1.29 is 57.3 Å². The van der Waals surface area contributed by atoms with Crippen molar-refractivity contribution in [3.05, 3.63) is 131 Å². The second-order valence-electron chi connectivity index (χ2n) is 26.6. The third-order valence-corrected chi connectivity index (χ3v) is 20.6. The maximum absolute atomic E-state index is 14.1. The Hall–Kier alpha value is -5.38. The number of phenols is 1. The summed E-state index contributed by atoms with van der Waals surface area (Å²) >= 11 is 0. The lowest BCUT2D eigenvalue weighted by Gasteiger charge is -2.51. The molecule has 4 saturated carbocycles. The van der Waals surface area contributed by atoms with E-state index in [0.29, 0.717) is 131 Å². The molecule has 2 heterocycles. The number of nitrogens with zero attached hydrogens (tertiary/aromatic N) is 6. The number of methoxy groups -OCH3 is 1. The summed E-state index contributed by atoms with van der Waals surface area (Å²) in [6.07, 6.45) is 15.9. The molecule has 10 rings (SSSR count). The lowest BCUT2D eigenvalue weighted by Crippen LogP contribution is -2.56. The number of benzene rings is 4. The van der Waals surface area contributed by atoms with Crippen molar-refractivity contribution in [2.75, 3.05) is 167 Å². The number of phenolic OH excluding ortho intramolecular Hbond substituents is 1. The standard InChI is InChI=1S/C45H71N3O10.C28H37N3O2/c1-46(2)45(41-10-5-4-6-11-41)18-16-44(17-19-45)38-47(43(49)48(44)37-39-8-7-9-39)36-40-12-14-42(15-13-40)58-35-34-57-33-32-56-31-30-55-29-28-54-27-26-53-25-24-52-23-22-51-21-20-50-3;1-29(2)28(24-9-4-3-5-10-24)17-15-27(16-18-28)21-30(19-23-11-13-25(32)14-12-23)26(33)31(27)20-22-7-6-8-22/h4-6,10-15,39H,7-9,16-38H2,1-3H3;3-5,9-14,22,32H,6-8,15-21H2,1-2H3. The zero-order valence-electron chi connectivity index (χ0n) is 55.6. The maximum Gasteiger partial charge on any atom is 0.320 e.